The number of nitrogens with one attached hydrogen (secondary N) is 2. The molecule has 0 radical (unpaired) electrons. The molecule has 0 aliphatic heterocycles. The van der Waals surface area contributed by atoms with Crippen molar-refractivity contribution in [1.82, 2.24) is 15.5 Å². The van der Waals surface area contributed by atoms with Crippen molar-refractivity contribution in [2.24, 2.45) is 0 Å². The van der Waals surface area contributed by atoms with Gasteiger partial charge < -0.3 is 10.4 Å². The molecule has 3 N–H and O–H groups in total. The summed E-state index contributed by atoms with van der Waals surface area (Å²) in [5.74, 6) is 1.02. The van der Waals surface area contributed by atoms with Crippen LogP contribution in [0, 0.1) is 6.92 Å². The zero-order valence-corrected chi connectivity index (χ0v) is 11.0. The van der Waals surface area contributed by atoms with E-state index in [4.69, 9.17) is 5.11 Å². The smallest absolute Gasteiger partial charge is 0.0537 e. The molecule has 2 unspecified atom stereocenters. The highest BCUT2D eigenvalue weighted by atomic mass is 32.2. The number of aromatic amines is 1. The molecule has 0 fully saturated rings. The first kappa shape index (κ1) is 13.5. The van der Waals surface area contributed by atoms with Crippen molar-refractivity contribution in [2.45, 2.75) is 32.4 Å². The molecule has 5 heteroatoms. The summed E-state index contributed by atoms with van der Waals surface area (Å²) in [5.41, 5.74) is 2.30. The molecule has 0 spiro atoms. The third-order valence-electron chi connectivity index (χ3n) is 2.67. The van der Waals surface area contributed by atoms with Crippen molar-refractivity contribution in [3.05, 3.63) is 17.5 Å². The van der Waals surface area contributed by atoms with Gasteiger partial charge in [0, 0.05) is 35.7 Å². The second kappa shape index (κ2) is 6.93. The number of hydrogen-bond donors (Lipinski definition) is 3. The van der Waals surface area contributed by atoms with Crippen LogP contribution in [-0.2, 0) is 0 Å². The lowest BCUT2D eigenvalue weighted by molar-refractivity contribution is 0.265. The van der Waals surface area contributed by atoms with Gasteiger partial charge in [-0.3, -0.25) is 5.10 Å². The first-order chi connectivity index (χ1) is 7.69. The SMILES string of the molecule is CSCC(CCO)NC(C)c1cn[nH]c1C. The molecule has 1 heterocycles. The van der Waals surface area contributed by atoms with Crippen LogP contribution >= 0.6 is 11.8 Å². The molecule has 92 valence electrons. The third-order valence-corrected chi connectivity index (χ3v) is 3.40. The zero-order chi connectivity index (χ0) is 12.0. The normalized spacial score (nSPS) is 15.0. The molecule has 0 aliphatic rings. The largest absolute Gasteiger partial charge is 0.396 e. The van der Waals surface area contributed by atoms with Crippen LogP contribution in [0.1, 0.15) is 30.6 Å². The second-order valence-corrected chi connectivity index (χ2v) is 4.91. The number of thioether (sulfide) groups is 1. The number of aromatic nitrogens is 2. The van der Waals surface area contributed by atoms with Crippen molar-refractivity contribution in [2.75, 3.05) is 18.6 Å². The van der Waals surface area contributed by atoms with Crippen molar-refractivity contribution in [3.63, 3.8) is 0 Å². The molecule has 1 rings (SSSR count). The van der Waals surface area contributed by atoms with Crippen LogP contribution in [0.4, 0.5) is 0 Å². The summed E-state index contributed by atoms with van der Waals surface area (Å²) in [6.07, 6.45) is 4.74. The van der Waals surface area contributed by atoms with Crippen LogP contribution in [0.5, 0.6) is 0 Å². The topological polar surface area (TPSA) is 60.9 Å². The molecule has 0 aliphatic carbocycles. The molecule has 0 aromatic carbocycles. The molecule has 0 bridgehead atoms. The van der Waals surface area contributed by atoms with E-state index in [-0.39, 0.29) is 12.6 Å². The van der Waals surface area contributed by atoms with Crippen molar-refractivity contribution in [3.8, 4) is 0 Å². The number of aryl methyl sites for hydroxylation is 1. The molecule has 16 heavy (non-hydrogen) atoms. The van der Waals surface area contributed by atoms with Gasteiger partial charge in [-0.05, 0) is 26.5 Å². The van der Waals surface area contributed by atoms with Crippen LogP contribution < -0.4 is 5.32 Å². The van der Waals surface area contributed by atoms with E-state index < -0.39 is 0 Å². The van der Waals surface area contributed by atoms with E-state index in [1.165, 1.54) is 5.56 Å². The lowest BCUT2D eigenvalue weighted by Crippen LogP contribution is -2.34. The predicted molar refractivity (Wildman–Crippen MR) is 68.7 cm³/mol. The summed E-state index contributed by atoms with van der Waals surface area (Å²) < 4.78 is 0. The van der Waals surface area contributed by atoms with Crippen LogP contribution in [0.15, 0.2) is 6.20 Å². The van der Waals surface area contributed by atoms with Gasteiger partial charge in [-0.25, -0.2) is 0 Å². The Hall–Kier alpha value is -0.520. The van der Waals surface area contributed by atoms with Crippen LogP contribution in [0.25, 0.3) is 0 Å². The molecular weight excluding hydrogens is 222 g/mol. The van der Waals surface area contributed by atoms with Gasteiger partial charge in [0.1, 0.15) is 0 Å². The second-order valence-electron chi connectivity index (χ2n) is 4.00. The number of nitrogens with zero attached hydrogens (tertiary/aromatic N) is 1. The van der Waals surface area contributed by atoms with Crippen molar-refractivity contribution in [1.29, 1.82) is 0 Å². The van der Waals surface area contributed by atoms with Gasteiger partial charge >= 0.3 is 0 Å². The van der Waals surface area contributed by atoms with Gasteiger partial charge in [-0.1, -0.05) is 0 Å². The van der Waals surface area contributed by atoms with E-state index >= 15 is 0 Å². The third kappa shape index (κ3) is 3.81. The first-order valence-electron chi connectivity index (χ1n) is 5.54. The average Bonchev–Trinajstić information content (AvgIpc) is 2.65. The Balaban J connectivity index is 2.54. The zero-order valence-electron chi connectivity index (χ0n) is 10.2. The maximum absolute atomic E-state index is 8.99. The maximum Gasteiger partial charge on any atom is 0.0537 e. The molecule has 1 aromatic heterocycles. The Morgan fingerprint density at radius 1 is 1.62 bits per heavy atom. The van der Waals surface area contributed by atoms with Crippen molar-refractivity contribution < 1.29 is 5.11 Å². The molecular formula is C11H21N3OS. The Morgan fingerprint density at radius 2 is 2.38 bits per heavy atom. The van der Waals surface area contributed by atoms with Gasteiger partial charge in [0.25, 0.3) is 0 Å². The Bertz CT molecular complexity index is 297. The molecule has 1 aromatic rings. The highest BCUT2D eigenvalue weighted by Gasteiger charge is 2.15. The van der Waals surface area contributed by atoms with Gasteiger partial charge in [0.15, 0.2) is 0 Å². The quantitative estimate of drug-likeness (QED) is 0.679. The van der Waals surface area contributed by atoms with Gasteiger partial charge in [-0.15, -0.1) is 0 Å². The van der Waals surface area contributed by atoms with Gasteiger partial charge in [-0.2, -0.15) is 16.9 Å². The highest BCUT2D eigenvalue weighted by molar-refractivity contribution is 7.98. The summed E-state index contributed by atoms with van der Waals surface area (Å²) in [4.78, 5) is 0. The van der Waals surface area contributed by atoms with E-state index in [0.717, 1.165) is 17.9 Å². The molecule has 0 saturated heterocycles. The Kier molecular flexibility index (Phi) is 5.87. The maximum atomic E-state index is 8.99. The number of H-pyrrole nitrogens is 1. The summed E-state index contributed by atoms with van der Waals surface area (Å²) in [5, 5.41) is 19.5. The minimum absolute atomic E-state index is 0.231. The van der Waals surface area contributed by atoms with Gasteiger partial charge in [0.2, 0.25) is 0 Å². The van der Waals surface area contributed by atoms with E-state index in [1.54, 1.807) is 11.8 Å². The van der Waals surface area contributed by atoms with E-state index in [2.05, 4.69) is 28.7 Å². The Morgan fingerprint density at radius 3 is 2.88 bits per heavy atom. The average molecular weight is 243 g/mol. The van der Waals surface area contributed by atoms with E-state index in [1.807, 2.05) is 13.1 Å². The first-order valence-corrected chi connectivity index (χ1v) is 6.94. The summed E-state index contributed by atoms with van der Waals surface area (Å²) in [7, 11) is 0. The molecule has 0 amide bonds. The van der Waals surface area contributed by atoms with E-state index in [0.29, 0.717) is 6.04 Å². The summed E-state index contributed by atoms with van der Waals surface area (Å²) in [6.45, 7) is 4.38. The van der Waals surface area contributed by atoms with Gasteiger partial charge in [0.05, 0.1) is 6.20 Å². The fourth-order valence-corrected chi connectivity index (χ4v) is 2.48. The van der Waals surface area contributed by atoms with E-state index in [9.17, 15) is 0 Å². The fraction of sp³-hybridized carbons (Fsp3) is 0.727. The lowest BCUT2D eigenvalue weighted by Gasteiger charge is -2.22. The number of aliphatic hydroxyl groups excluding tert-OH is 1. The molecule has 0 saturated carbocycles. The molecule has 4 nitrogen and oxygen atoms in total. The van der Waals surface area contributed by atoms with Crippen molar-refractivity contribution >= 4 is 11.8 Å². The monoisotopic (exact) mass is 243 g/mol. The number of rotatable bonds is 7. The molecule has 2 atom stereocenters. The summed E-state index contributed by atoms with van der Waals surface area (Å²) >= 11 is 1.80. The fourth-order valence-electron chi connectivity index (χ4n) is 1.81. The standard InChI is InChI=1S/C11H21N3OS/c1-8(11-6-12-14-9(11)2)13-10(4-5-15)7-16-3/h6,8,10,13,15H,4-5,7H2,1-3H3,(H,12,14). The number of hydrogen-bond acceptors (Lipinski definition) is 4. The predicted octanol–water partition coefficient (Wildman–Crippen LogP) is 1.48. The lowest BCUT2D eigenvalue weighted by atomic mass is 10.1. The Labute approximate surface area is 101 Å². The van der Waals surface area contributed by atoms with Crippen LogP contribution in [-0.4, -0.2) is 40.0 Å². The van der Waals surface area contributed by atoms with Crippen LogP contribution in [0.2, 0.25) is 0 Å². The number of aliphatic hydroxyl groups is 1. The minimum atomic E-state index is 0.231. The summed E-state index contributed by atoms with van der Waals surface area (Å²) in [6, 6.07) is 0.617. The highest BCUT2D eigenvalue weighted by Crippen LogP contribution is 2.16. The minimum Gasteiger partial charge on any atom is -0.396 e. The van der Waals surface area contributed by atoms with Crippen LogP contribution in [0.3, 0.4) is 0 Å².